The Balaban J connectivity index is 1.96. The molecule has 15 heavy (non-hydrogen) atoms. The van der Waals surface area contributed by atoms with Gasteiger partial charge in [-0.05, 0) is 12.5 Å². The van der Waals surface area contributed by atoms with Crippen molar-refractivity contribution in [3.05, 3.63) is 29.8 Å². The molecule has 2 unspecified atom stereocenters. The fraction of sp³-hybridized carbons (Fsp3) is 0.500. The van der Waals surface area contributed by atoms with Crippen LogP contribution in [0, 0.1) is 0 Å². The molecular weight excluding hydrogens is 303 g/mol. The average Bonchev–Trinajstić information content (AvgIpc) is 2.86. The zero-order chi connectivity index (χ0) is 10.3. The third-order valence-corrected chi connectivity index (χ3v) is 4.33. The van der Waals surface area contributed by atoms with E-state index in [9.17, 15) is 0 Å². The summed E-state index contributed by atoms with van der Waals surface area (Å²) in [5.74, 6) is 1.05. The molecule has 2 nitrogen and oxygen atoms in total. The summed E-state index contributed by atoms with van der Waals surface area (Å²) in [4.78, 5) is 0. The van der Waals surface area contributed by atoms with Crippen molar-refractivity contribution in [3.63, 3.8) is 0 Å². The lowest BCUT2D eigenvalue weighted by atomic mass is 9.81. The molecular formula is C12H13IO2. The van der Waals surface area contributed by atoms with E-state index in [1.807, 2.05) is 6.07 Å². The summed E-state index contributed by atoms with van der Waals surface area (Å²) in [6, 6.07) is 8.36. The van der Waals surface area contributed by atoms with E-state index in [1.165, 1.54) is 5.56 Å². The van der Waals surface area contributed by atoms with Crippen LogP contribution >= 0.6 is 22.6 Å². The molecule has 1 fully saturated rings. The first kappa shape index (κ1) is 9.90. The van der Waals surface area contributed by atoms with E-state index in [0.29, 0.717) is 6.10 Å². The van der Waals surface area contributed by atoms with Crippen molar-refractivity contribution < 1.29 is 9.47 Å². The SMILES string of the molecule is ICC1CC2(COc3ccccc32)CO1. The Morgan fingerprint density at radius 2 is 2.20 bits per heavy atom. The maximum absolute atomic E-state index is 5.81. The van der Waals surface area contributed by atoms with Gasteiger partial charge in [0.1, 0.15) is 12.4 Å². The monoisotopic (exact) mass is 316 g/mol. The lowest BCUT2D eigenvalue weighted by Gasteiger charge is -2.19. The van der Waals surface area contributed by atoms with Crippen LogP contribution < -0.4 is 4.74 Å². The van der Waals surface area contributed by atoms with Gasteiger partial charge in [-0.2, -0.15) is 0 Å². The highest BCUT2D eigenvalue weighted by atomic mass is 127. The van der Waals surface area contributed by atoms with Gasteiger partial charge in [0.15, 0.2) is 0 Å². The van der Waals surface area contributed by atoms with Gasteiger partial charge in [0, 0.05) is 9.99 Å². The fourth-order valence-electron chi connectivity index (χ4n) is 2.54. The van der Waals surface area contributed by atoms with E-state index in [0.717, 1.165) is 29.8 Å². The van der Waals surface area contributed by atoms with Crippen molar-refractivity contribution in [3.8, 4) is 5.75 Å². The smallest absolute Gasteiger partial charge is 0.123 e. The number of hydrogen-bond acceptors (Lipinski definition) is 2. The van der Waals surface area contributed by atoms with E-state index in [1.54, 1.807) is 0 Å². The lowest BCUT2D eigenvalue weighted by Crippen LogP contribution is -2.28. The number of alkyl halides is 1. The largest absolute Gasteiger partial charge is 0.492 e. The summed E-state index contributed by atoms with van der Waals surface area (Å²) in [7, 11) is 0. The van der Waals surface area contributed by atoms with Crippen LogP contribution in [0.1, 0.15) is 12.0 Å². The van der Waals surface area contributed by atoms with Crippen LogP contribution in [0.5, 0.6) is 5.75 Å². The third kappa shape index (κ3) is 1.47. The Bertz CT molecular complexity index is 380. The number of halogens is 1. The van der Waals surface area contributed by atoms with Crippen molar-refractivity contribution in [2.75, 3.05) is 17.6 Å². The van der Waals surface area contributed by atoms with Crippen molar-refractivity contribution >= 4 is 22.6 Å². The maximum Gasteiger partial charge on any atom is 0.123 e. The minimum Gasteiger partial charge on any atom is -0.492 e. The van der Waals surface area contributed by atoms with Crippen LogP contribution in [0.4, 0.5) is 0 Å². The molecule has 1 aromatic carbocycles. The van der Waals surface area contributed by atoms with Crippen LogP contribution in [-0.2, 0) is 10.2 Å². The minimum atomic E-state index is 0.145. The van der Waals surface area contributed by atoms with Crippen LogP contribution in [0.3, 0.4) is 0 Å². The van der Waals surface area contributed by atoms with Crippen LogP contribution in [0.25, 0.3) is 0 Å². The quantitative estimate of drug-likeness (QED) is 0.586. The molecule has 2 atom stereocenters. The van der Waals surface area contributed by atoms with Gasteiger partial charge in [-0.1, -0.05) is 40.8 Å². The summed E-state index contributed by atoms with van der Waals surface area (Å²) in [5, 5.41) is 0. The maximum atomic E-state index is 5.81. The van der Waals surface area contributed by atoms with E-state index in [2.05, 4.69) is 40.8 Å². The molecule has 1 aromatic rings. The van der Waals surface area contributed by atoms with Crippen LogP contribution in [0.15, 0.2) is 24.3 Å². The van der Waals surface area contributed by atoms with E-state index in [-0.39, 0.29) is 5.41 Å². The molecule has 0 bridgehead atoms. The lowest BCUT2D eigenvalue weighted by molar-refractivity contribution is 0.117. The van der Waals surface area contributed by atoms with E-state index >= 15 is 0 Å². The molecule has 80 valence electrons. The highest BCUT2D eigenvalue weighted by molar-refractivity contribution is 14.1. The molecule has 2 aliphatic heterocycles. The second kappa shape index (κ2) is 3.63. The molecule has 2 aliphatic rings. The minimum absolute atomic E-state index is 0.145. The molecule has 3 rings (SSSR count). The van der Waals surface area contributed by atoms with Crippen LogP contribution in [0.2, 0.25) is 0 Å². The third-order valence-electron chi connectivity index (χ3n) is 3.35. The average molecular weight is 316 g/mol. The molecule has 0 N–H and O–H groups in total. The first-order chi connectivity index (χ1) is 7.34. The normalized spacial score (nSPS) is 33.0. The van der Waals surface area contributed by atoms with Gasteiger partial charge < -0.3 is 9.47 Å². The Morgan fingerprint density at radius 3 is 3.00 bits per heavy atom. The summed E-state index contributed by atoms with van der Waals surface area (Å²) in [5.41, 5.74) is 1.49. The van der Waals surface area contributed by atoms with Gasteiger partial charge in [0.2, 0.25) is 0 Å². The first-order valence-electron chi connectivity index (χ1n) is 5.24. The summed E-state index contributed by atoms with van der Waals surface area (Å²) in [6.45, 7) is 1.61. The molecule has 0 aliphatic carbocycles. The van der Waals surface area contributed by atoms with Crippen molar-refractivity contribution in [2.24, 2.45) is 0 Å². The van der Waals surface area contributed by atoms with Crippen molar-refractivity contribution in [1.82, 2.24) is 0 Å². The zero-order valence-electron chi connectivity index (χ0n) is 8.41. The Hall–Kier alpha value is -0.290. The van der Waals surface area contributed by atoms with Crippen molar-refractivity contribution in [2.45, 2.75) is 17.9 Å². The first-order valence-corrected chi connectivity index (χ1v) is 6.76. The number of para-hydroxylation sites is 1. The molecule has 0 radical (unpaired) electrons. The van der Waals surface area contributed by atoms with E-state index < -0.39 is 0 Å². The molecule has 2 heterocycles. The zero-order valence-corrected chi connectivity index (χ0v) is 10.6. The molecule has 0 aromatic heterocycles. The van der Waals surface area contributed by atoms with E-state index in [4.69, 9.17) is 9.47 Å². The highest BCUT2D eigenvalue weighted by Gasteiger charge is 2.46. The molecule has 0 amide bonds. The molecule has 1 saturated heterocycles. The number of benzene rings is 1. The molecule has 3 heteroatoms. The van der Waals surface area contributed by atoms with Gasteiger partial charge >= 0.3 is 0 Å². The summed E-state index contributed by atoms with van der Waals surface area (Å²) < 4.78 is 12.6. The molecule has 1 spiro atoms. The Labute approximate surface area is 103 Å². The van der Waals surface area contributed by atoms with Gasteiger partial charge in [-0.15, -0.1) is 0 Å². The molecule has 0 saturated carbocycles. The van der Waals surface area contributed by atoms with Gasteiger partial charge in [0.05, 0.1) is 18.1 Å². The Kier molecular flexibility index (Phi) is 2.39. The number of ether oxygens (including phenoxy) is 2. The predicted octanol–water partition coefficient (Wildman–Crippen LogP) is 2.54. The Morgan fingerprint density at radius 1 is 1.33 bits per heavy atom. The topological polar surface area (TPSA) is 18.5 Å². The van der Waals surface area contributed by atoms with Crippen molar-refractivity contribution in [1.29, 1.82) is 0 Å². The van der Waals surface area contributed by atoms with Gasteiger partial charge in [-0.3, -0.25) is 0 Å². The number of hydrogen-bond donors (Lipinski definition) is 0. The highest BCUT2D eigenvalue weighted by Crippen LogP contribution is 2.45. The number of rotatable bonds is 1. The second-order valence-electron chi connectivity index (χ2n) is 4.36. The fourth-order valence-corrected chi connectivity index (χ4v) is 3.11. The van der Waals surface area contributed by atoms with Gasteiger partial charge in [-0.25, -0.2) is 0 Å². The summed E-state index contributed by atoms with van der Waals surface area (Å²) in [6.07, 6.45) is 1.51. The second-order valence-corrected chi connectivity index (χ2v) is 5.24. The van der Waals surface area contributed by atoms with Gasteiger partial charge in [0.25, 0.3) is 0 Å². The number of fused-ring (bicyclic) bond motifs is 2. The predicted molar refractivity (Wildman–Crippen MR) is 66.9 cm³/mol. The standard InChI is InChI=1S/C12H13IO2/c13-6-9-5-12(7-14-9)8-15-11-4-2-1-3-10(11)12/h1-4,9H,5-8H2. The van der Waals surface area contributed by atoms with Crippen LogP contribution in [-0.4, -0.2) is 23.7 Å². The summed E-state index contributed by atoms with van der Waals surface area (Å²) >= 11 is 2.39.